The summed E-state index contributed by atoms with van der Waals surface area (Å²) in [4.78, 5) is 45.9. The van der Waals surface area contributed by atoms with E-state index in [1.165, 1.54) is 0 Å². The van der Waals surface area contributed by atoms with Crippen LogP contribution in [0.3, 0.4) is 0 Å². The average molecular weight is 770 g/mol. The van der Waals surface area contributed by atoms with Crippen LogP contribution in [0.15, 0.2) is 72.8 Å². The van der Waals surface area contributed by atoms with Crippen molar-refractivity contribution >= 4 is 84.9 Å². The molecular weight excluding hydrogens is 752 g/mol. The standard InChI is InChI=1S/C35H19Cl3N8O3.Zn/c1-46-34-19-12-6-7-13-20(19)35(46)45-33-23-22(24(36)26(38)27(25(23)37)49-14-21(47)48)32(43-33)42-30-16-9-3-2-8-15(16)28(40-30)39-29-17-10-4-5-11-18(17)31(41-29)44-34;/h2-13H,14H2,1H3,(H2,39,40,41,42,43,44,45,47,48);/q;+2/p-1. The van der Waals surface area contributed by atoms with Crippen LogP contribution in [0.4, 0.5) is 0 Å². The molecule has 4 aromatic carbocycles. The number of nitrogens with zero attached hydrogens (tertiary/aromatic N) is 8. The summed E-state index contributed by atoms with van der Waals surface area (Å²) in [5.74, 6) is 0.531. The van der Waals surface area contributed by atoms with Crippen LogP contribution in [0.2, 0.25) is 15.1 Å². The van der Waals surface area contributed by atoms with Crippen LogP contribution in [-0.4, -0.2) is 42.6 Å². The Bertz CT molecular complexity index is 2790. The third kappa shape index (κ3) is 4.86. The summed E-state index contributed by atoms with van der Waals surface area (Å²) in [6.07, 6.45) is 0. The molecule has 0 aliphatic carbocycles. The quantitative estimate of drug-likeness (QED) is 0.114. The maximum Gasteiger partial charge on any atom is 2.00 e. The largest absolute Gasteiger partial charge is 2.00 e. The first-order valence-electron chi connectivity index (χ1n) is 14.8. The number of halogens is 3. The minimum atomic E-state index is -1.22. The number of benzene rings is 4. The first-order chi connectivity index (χ1) is 23.8. The molecular formula is C35H18Cl3N8O3Zn+. The maximum atomic E-state index is 11.4. The van der Waals surface area contributed by atoms with E-state index in [2.05, 4.69) is 0 Å². The molecule has 0 atom stereocenters. The van der Waals surface area contributed by atoms with Crippen LogP contribution in [0.1, 0.15) is 0 Å². The molecule has 7 aromatic rings. The van der Waals surface area contributed by atoms with Gasteiger partial charge in [0.1, 0.15) is 16.7 Å². The van der Waals surface area contributed by atoms with Crippen molar-refractivity contribution < 1.29 is 38.7 Å². The van der Waals surface area contributed by atoms with Gasteiger partial charge in [0.25, 0.3) is 0 Å². The maximum absolute atomic E-state index is 11.4. The van der Waals surface area contributed by atoms with Crippen molar-refractivity contribution in [1.29, 1.82) is 0 Å². The molecule has 5 heterocycles. The summed E-state index contributed by atoms with van der Waals surface area (Å²) >= 11 is 20.5. The van der Waals surface area contributed by atoms with Gasteiger partial charge in [-0.1, -0.05) is 108 Å². The van der Waals surface area contributed by atoms with Gasteiger partial charge in [0.15, 0.2) is 12.4 Å². The third-order valence-electron chi connectivity index (χ3n) is 8.41. The zero-order chi connectivity index (χ0) is 33.6. The predicted molar refractivity (Wildman–Crippen MR) is 186 cm³/mol. The van der Waals surface area contributed by atoms with Crippen LogP contribution in [-0.2, 0) is 31.3 Å². The minimum Gasteiger partial charge on any atom is -0.479 e. The Hall–Kier alpha value is -5.00. The molecule has 0 radical (unpaired) electrons. The topological polar surface area (TPSA) is 143 Å². The van der Waals surface area contributed by atoms with E-state index < -0.39 is 12.6 Å². The molecule has 50 heavy (non-hydrogen) atoms. The van der Waals surface area contributed by atoms with E-state index in [0.29, 0.717) is 45.5 Å². The molecule has 9 rings (SSSR count). The Morgan fingerprint density at radius 3 is 1.72 bits per heavy atom. The van der Waals surface area contributed by atoms with Crippen LogP contribution in [0.5, 0.6) is 5.75 Å². The number of aliphatic carboxylic acids is 1. The van der Waals surface area contributed by atoms with Gasteiger partial charge in [-0.15, -0.1) is 0 Å². The normalized spacial score (nSPS) is 11.7. The summed E-state index contributed by atoms with van der Waals surface area (Å²) < 4.78 is 7.36. The summed E-state index contributed by atoms with van der Waals surface area (Å²) in [5, 5.41) is 11.4. The number of hydrogen-bond acceptors (Lipinski definition) is 7. The molecule has 1 N–H and O–H groups in total. The Kier molecular flexibility index (Phi) is 7.80. The molecule has 15 heteroatoms. The Morgan fingerprint density at radius 1 is 0.660 bits per heavy atom. The molecule has 238 valence electrons. The zero-order valence-electron chi connectivity index (χ0n) is 25.8. The first kappa shape index (κ1) is 32.2. The zero-order valence-corrected chi connectivity index (χ0v) is 31.1. The molecule has 3 aromatic heterocycles. The molecule has 8 bridgehead atoms. The monoisotopic (exact) mass is 767 g/mol. The van der Waals surface area contributed by atoms with Crippen molar-refractivity contribution in [1.82, 2.24) is 34.9 Å². The molecule has 0 saturated carbocycles. The average Bonchev–Trinajstić information content (AvgIpc) is 3.82. The number of rotatable bonds is 3. The van der Waals surface area contributed by atoms with Crippen molar-refractivity contribution in [3.8, 4) is 51.3 Å². The molecule has 2 aliphatic rings. The predicted octanol–water partition coefficient (Wildman–Crippen LogP) is 6.98. The van der Waals surface area contributed by atoms with E-state index in [1.807, 2.05) is 84.4 Å². The van der Waals surface area contributed by atoms with Crippen molar-refractivity contribution in [2.75, 3.05) is 6.61 Å². The first-order valence-corrected chi connectivity index (χ1v) is 16.0. The molecule has 2 aliphatic heterocycles. The minimum absolute atomic E-state index is 0. The Balaban J connectivity index is 0.00000361. The van der Waals surface area contributed by atoms with E-state index >= 15 is 0 Å². The SMILES string of the molecule is C[n+]1c2nc3[n-]c(nc4nc(nc5[n-]c(nc1-c1ccccc1-2)c1c(Cl)c(OCC(=O)O)c(Cl)c(Cl)c51)-c1ccccc1-4)c1ccccc31.[Zn+2]. The summed E-state index contributed by atoms with van der Waals surface area (Å²) in [5.41, 5.74) is 4.34. The van der Waals surface area contributed by atoms with Gasteiger partial charge >= 0.3 is 25.4 Å². The summed E-state index contributed by atoms with van der Waals surface area (Å²) in [6, 6.07) is 23.1. The fourth-order valence-electron chi connectivity index (χ4n) is 6.23. The second-order valence-corrected chi connectivity index (χ2v) is 12.4. The van der Waals surface area contributed by atoms with Gasteiger partial charge in [-0.25, -0.2) is 9.78 Å². The summed E-state index contributed by atoms with van der Waals surface area (Å²) in [6.45, 7) is -0.700. The fraction of sp³-hybridized carbons (Fsp3) is 0.0571. The van der Waals surface area contributed by atoms with E-state index in [-0.39, 0.29) is 57.0 Å². The van der Waals surface area contributed by atoms with E-state index in [4.69, 9.17) is 74.4 Å². The number of fused-ring (bicyclic) bond motifs is 20. The van der Waals surface area contributed by atoms with Gasteiger partial charge in [-0.3, -0.25) is 4.57 Å². The number of ether oxygens (including phenoxy) is 1. The van der Waals surface area contributed by atoms with Crippen LogP contribution in [0, 0.1) is 0 Å². The smallest absolute Gasteiger partial charge is 0.479 e. The van der Waals surface area contributed by atoms with Gasteiger partial charge in [-0.05, 0) is 10.8 Å². The van der Waals surface area contributed by atoms with Gasteiger partial charge in [0.2, 0.25) is 0 Å². The molecule has 0 spiro atoms. The van der Waals surface area contributed by atoms with Crippen LogP contribution in [0.25, 0.3) is 89.7 Å². The third-order valence-corrected chi connectivity index (χ3v) is 9.61. The second kappa shape index (κ2) is 12.1. The molecule has 0 unspecified atom stereocenters. The Labute approximate surface area is 309 Å². The van der Waals surface area contributed by atoms with Gasteiger partial charge in [0.05, 0.1) is 28.7 Å². The number of carboxylic acid groups (broad SMARTS) is 1. The molecule has 0 amide bonds. The van der Waals surface area contributed by atoms with Gasteiger partial charge < -0.3 is 39.7 Å². The van der Waals surface area contributed by atoms with E-state index in [1.54, 1.807) is 0 Å². The van der Waals surface area contributed by atoms with Crippen LogP contribution < -0.4 is 19.3 Å². The Morgan fingerprint density at radius 2 is 1.12 bits per heavy atom. The number of carbonyl (C=O) groups is 1. The van der Waals surface area contributed by atoms with E-state index in [0.717, 1.165) is 27.5 Å². The fourth-order valence-corrected chi connectivity index (χ4v) is 7.11. The molecule has 0 saturated heterocycles. The van der Waals surface area contributed by atoms with Crippen molar-refractivity contribution in [2.45, 2.75) is 0 Å². The molecule has 0 fully saturated rings. The second-order valence-electron chi connectivity index (χ2n) is 11.3. The molecule has 11 nitrogen and oxygen atoms in total. The van der Waals surface area contributed by atoms with E-state index in [9.17, 15) is 9.90 Å². The number of carboxylic acids is 1. The number of aromatic nitrogens is 8. The van der Waals surface area contributed by atoms with Gasteiger partial charge in [0, 0.05) is 55.6 Å². The van der Waals surface area contributed by atoms with Crippen molar-refractivity contribution in [2.24, 2.45) is 7.05 Å². The number of hydrogen-bond donors (Lipinski definition) is 1. The van der Waals surface area contributed by atoms with Crippen molar-refractivity contribution in [3.05, 3.63) is 87.9 Å². The van der Waals surface area contributed by atoms with Gasteiger partial charge in [-0.2, -0.15) is 0 Å². The summed E-state index contributed by atoms with van der Waals surface area (Å²) in [7, 11) is 1.85. The van der Waals surface area contributed by atoms with Crippen molar-refractivity contribution in [3.63, 3.8) is 0 Å². The van der Waals surface area contributed by atoms with Crippen LogP contribution >= 0.6 is 34.8 Å².